The lowest BCUT2D eigenvalue weighted by Gasteiger charge is -2.28. The van der Waals surface area contributed by atoms with Gasteiger partial charge in [0.15, 0.2) is 5.82 Å². The van der Waals surface area contributed by atoms with E-state index < -0.39 is 0 Å². The predicted molar refractivity (Wildman–Crippen MR) is 85.0 cm³/mol. The van der Waals surface area contributed by atoms with Crippen molar-refractivity contribution < 1.29 is 9.32 Å². The molecular weight excluding hydrogens is 280 g/mol. The van der Waals surface area contributed by atoms with Crippen LogP contribution in [0.25, 0.3) is 0 Å². The first-order valence-electron chi connectivity index (χ1n) is 7.34. The molecule has 1 aliphatic heterocycles. The third-order valence-electron chi connectivity index (χ3n) is 3.94. The summed E-state index contributed by atoms with van der Waals surface area (Å²) in [5, 5.41) is 6.61. The van der Waals surface area contributed by atoms with E-state index in [-0.39, 0.29) is 12.1 Å². The van der Waals surface area contributed by atoms with Crippen LogP contribution in [0.4, 0.5) is 16.3 Å². The maximum Gasteiger partial charge on any atom is 0.323 e. The molecule has 1 atom stereocenters. The molecule has 2 heterocycles. The van der Waals surface area contributed by atoms with Crippen molar-refractivity contribution in [3.05, 3.63) is 41.7 Å². The molecule has 0 radical (unpaired) electrons. The fourth-order valence-corrected chi connectivity index (χ4v) is 2.83. The molecule has 0 bridgehead atoms. The highest BCUT2D eigenvalue weighted by Gasteiger charge is 2.27. The summed E-state index contributed by atoms with van der Waals surface area (Å²) in [6, 6.07) is 9.81. The van der Waals surface area contributed by atoms with Crippen molar-refractivity contribution in [3.63, 3.8) is 0 Å². The summed E-state index contributed by atoms with van der Waals surface area (Å²) >= 11 is 0. The number of benzene rings is 1. The first-order chi connectivity index (χ1) is 10.5. The van der Waals surface area contributed by atoms with Crippen molar-refractivity contribution in [2.45, 2.75) is 26.4 Å². The number of nitrogens with zero attached hydrogens (tertiary/aromatic N) is 3. The van der Waals surface area contributed by atoms with Gasteiger partial charge in [-0.3, -0.25) is 5.32 Å². The summed E-state index contributed by atoms with van der Waals surface area (Å²) in [4.78, 5) is 16.6. The lowest BCUT2D eigenvalue weighted by molar-refractivity contribution is 0.192. The normalized spacial score (nSPS) is 17.9. The monoisotopic (exact) mass is 300 g/mol. The second kappa shape index (κ2) is 5.71. The van der Waals surface area contributed by atoms with Crippen molar-refractivity contribution in [2.75, 3.05) is 23.8 Å². The van der Waals surface area contributed by atoms with E-state index in [1.807, 2.05) is 17.0 Å². The van der Waals surface area contributed by atoms with E-state index in [1.54, 1.807) is 13.0 Å². The van der Waals surface area contributed by atoms with Gasteiger partial charge in [0.2, 0.25) is 0 Å². The van der Waals surface area contributed by atoms with Gasteiger partial charge in [-0.2, -0.15) is 0 Å². The number of para-hydroxylation sites is 1. The Labute approximate surface area is 129 Å². The average molecular weight is 300 g/mol. The number of carbonyl (C=O) groups excluding carboxylic acids is 1. The quantitative estimate of drug-likeness (QED) is 0.879. The number of hydrogen-bond acceptors (Lipinski definition) is 4. The number of likely N-dealkylation sites (N-methyl/N-ethyl adjacent to an activating group) is 1. The molecule has 0 unspecified atom stereocenters. The fourth-order valence-electron chi connectivity index (χ4n) is 2.83. The zero-order valence-electron chi connectivity index (χ0n) is 13.0. The maximum absolute atomic E-state index is 12.6. The van der Waals surface area contributed by atoms with Gasteiger partial charge in [-0.25, -0.2) is 4.79 Å². The van der Waals surface area contributed by atoms with E-state index in [1.165, 1.54) is 5.69 Å². The van der Waals surface area contributed by atoms with Gasteiger partial charge in [-0.15, -0.1) is 0 Å². The molecule has 2 aromatic rings. The topological polar surface area (TPSA) is 61.6 Å². The standard InChI is InChI=1S/C16H20N4O2/c1-11-9-19(3)14-7-5-4-6-13(14)10-20(11)16(21)17-15-8-12(2)22-18-15/h4-8,11H,9-10H2,1-3H3,(H,17,18,21)/t11-/m0/s1. The smallest absolute Gasteiger partial charge is 0.323 e. The van der Waals surface area contributed by atoms with Gasteiger partial charge in [0.25, 0.3) is 0 Å². The summed E-state index contributed by atoms with van der Waals surface area (Å²) in [5.74, 6) is 1.12. The number of urea groups is 1. The zero-order valence-corrected chi connectivity index (χ0v) is 13.0. The van der Waals surface area contributed by atoms with Crippen molar-refractivity contribution in [2.24, 2.45) is 0 Å². The Bertz CT molecular complexity index is 682. The Morgan fingerprint density at radius 2 is 2.18 bits per heavy atom. The number of rotatable bonds is 1. The Morgan fingerprint density at radius 3 is 2.91 bits per heavy atom. The van der Waals surface area contributed by atoms with E-state index >= 15 is 0 Å². The van der Waals surface area contributed by atoms with Crippen molar-refractivity contribution in [1.29, 1.82) is 0 Å². The summed E-state index contributed by atoms with van der Waals surface area (Å²) < 4.78 is 4.99. The molecule has 6 heteroatoms. The number of aromatic nitrogens is 1. The molecule has 0 spiro atoms. The largest absolute Gasteiger partial charge is 0.372 e. The second-order valence-electron chi connectivity index (χ2n) is 5.74. The molecule has 1 aromatic carbocycles. The summed E-state index contributed by atoms with van der Waals surface area (Å²) in [6.45, 7) is 5.20. The van der Waals surface area contributed by atoms with Crippen LogP contribution in [-0.4, -0.2) is 35.7 Å². The molecule has 1 aliphatic rings. The van der Waals surface area contributed by atoms with Crippen LogP contribution in [0.1, 0.15) is 18.2 Å². The van der Waals surface area contributed by atoms with Gasteiger partial charge in [0.05, 0.1) is 0 Å². The van der Waals surface area contributed by atoms with E-state index in [0.717, 1.165) is 12.1 Å². The van der Waals surface area contributed by atoms with Crippen LogP contribution in [0.3, 0.4) is 0 Å². The van der Waals surface area contributed by atoms with Gasteiger partial charge in [0.1, 0.15) is 5.76 Å². The predicted octanol–water partition coefficient (Wildman–Crippen LogP) is 2.86. The third kappa shape index (κ3) is 2.77. The average Bonchev–Trinajstić information content (AvgIpc) is 2.84. The lowest BCUT2D eigenvalue weighted by Crippen LogP contribution is -2.44. The number of carbonyl (C=O) groups is 1. The van der Waals surface area contributed by atoms with Crippen LogP contribution < -0.4 is 10.2 Å². The van der Waals surface area contributed by atoms with Crippen LogP contribution in [-0.2, 0) is 6.54 Å². The number of amides is 2. The minimum Gasteiger partial charge on any atom is -0.372 e. The van der Waals surface area contributed by atoms with E-state index in [0.29, 0.717) is 18.1 Å². The van der Waals surface area contributed by atoms with Crippen LogP contribution >= 0.6 is 0 Å². The van der Waals surface area contributed by atoms with Gasteiger partial charge < -0.3 is 14.3 Å². The maximum atomic E-state index is 12.6. The van der Waals surface area contributed by atoms with Crippen molar-refractivity contribution in [1.82, 2.24) is 10.1 Å². The van der Waals surface area contributed by atoms with Crippen molar-refractivity contribution in [3.8, 4) is 0 Å². The molecule has 0 saturated carbocycles. The molecule has 0 fully saturated rings. The Balaban J connectivity index is 1.82. The first kappa shape index (κ1) is 14.4. The number of anilines is 2. The molecule has 2 amide bonds. The van der Waals surface area contributed by atoms with Gasteiger partial charge in [-0.1, -0.05) is 23.4 Å². The van der Waals surface area contributed by atoms with Crippen LogP contribution in [0, 0.1) is 6.92 Å². The molecule has 0 aliphatic carbocycles. The Morgan fingerprint density at radius 1 is 1.41 bits per heavy atom. The highest BCUT2D eigenvalue weighted by atomic mass is 16.5. The molecule has 6 nitrogen and oxygen atoms in total. The highest BCUT2D eigenvalue weighted by Crippen LogP contribution is 2.26. The number of hydrogen-bond donors (Lipinski definition) is 1. The zero-order chi connectivity index (χ0) is 15.7. The van der Waals surface area contributed by atoms with Crippen LogP contribution in [0.2, 0.25) is 0 Å². The van der Waals surface area contributed by atoms with E-state index in [2.05, 4.69) is 41.5 Å². The second-order valence-corrected chi connectivity index (χ2v) is 5.74. The van der Waals surface area contributed by atoms with E-state index in [9.17, 15) is 4.79 Å². The molecule has 22 heavy (non-hydrogen) atoms. The van der Waals surface area contributed by atoms with Gasteiger partial charge in [0, 0.05) is 37.9 Å². The van der Waals surface area contributed by atoms with E-state index in [4.69, 9.17) is 4.52 Å². The lowest BCUT2D eigenvalue weighted by atomic mass is 10.1. The Kier molecular flexibility index (Phi) is 3.75. The Hall–Kier alpha value is -2.50. The van der Waals surface area contributed by atoms with Gasteiger partial charge >= 0.3 is 6.03 Å². The van der Waals surface area contributed by atoms with Gasteiger partial charge in [-0.05, 0) is 25.5 Å². The minimum absolute atomic E-state index is 0.0883. The third-order valence-corrected chi connectivity index (χ3v) is 3.94. The molecular formula is C16H20N4O2. The number of nitrogens with one attached hydrogen (secondary N) is 1. The summed E-state index contributed by atoms with van der Waals surface area (Å²) in [6.07, 6.45) is 0. The SMILES string of the molecule is Cc1cc(NC(=O)N2Cc3ccccc3N(C)C[C@@H]2C)no1. The van der Waals surface area contributed by atoms with Crippen molar-refractivity contribution >= 4 is 17.5 Å². The minimum atomic E-state index is -0.161. The van der Waals surface area contributed by atoms with Crippen LogP contribution in [0.5, 0.6) is 0 Å². The summed E-state index contributed by atoms with van der Waals surface area (Å²) in [5.41, 5.74) is 2.31. The molecule has 0 saturated heterocycles. The number of fused-ring (bicyclic) bond motifs is 1. The number of aryl methyl sites for hydroxylation is 1. The molecule has 3 rings (SSSR count). The van der Waals surface area contributed by atoms with Crippen LogP contribution in [0.15, 0.2) is 34.9 Å². The fraction of sp³-hybridized carbons (Fsp3) is 0.375. The molecule has 116 valence electrons. The first-order valence-corrected chi connectivity index (χ1v) is 7.34. The summed E-state index contributed by atoms with van der Waals surface area (Å²) in [7, 11) is 2.05. The molecule has 1 aromatic heterocycles. The molecule has 1 N–H and O–H groups in total. The highest BCUT2D eigenvalue weighted by molar-refractivity contribution is 5.88.